The van der Waals surface area contributed by atoms with E-state index < -0.39 is 5.97 Å². The smallest absolute Gasteiger partial charge is 0.391 e. The molecule has 1 atom stereocenters. The molecule has 0 radical (unpaired) electrons. The molecule has 0 N–H and O–H groups in total. The minimum absolute atomic E-state index is 0.0791. The normalized spacial score (nSPS) is 21.1. The van der Waals surface area contributed by atoms with Gasteiger partial charge in [-0.05, 0) is 40.0 Å². The lowest BCUT2D eigenvalue weighted by Crippen LogP contribution is -2.17. The van der Waals surface area contributed by atoms with Gasteiger partial charge in [0.05, 0.1) is 12.1 Å². The topological polar surface area (TPSA) is 69.5 Å². The van der Waals surface area contributed by atoms with E-state index in [1.54, 1.807) is 6.92 Å². The van der Waals surface area contributed by atoms with Crippen molar-refractivity contribution in [1.29, 1.82) is 0 Å². The minimum Gasteiger partial charge on any atom is -0.478 e. The van der Waals surface area contributed by atoms with Crippen LogP contribution in [0.2, 0.25) is 0 Å². The molecule has 0 amide bonds. The Bertz CT molecular complexity index is 535. The van der Waals surface area contributed by atoms with Gasteiger partial charge in [-0.2, -0.15) is 0 Å². The summed E-state index contributed by atoms with van der Waals surface area (Å²) in [5, 5.41) is 0. The molecule has 0 bridgehead atoms. The van der Waals surface area contributed by atoms with Gasteiger partial charge in [-0.25, -0.2) is 14.8 Å². The molecular formula is C17H26N2O4. The number of nitrogens with zero attached hydrogens (tertiary/aromatic N) is 2. The first-order valence-electron chi connectivity index (χ1n) is 8.16. The number of esters is 1. The molecular weight excluding hydrogens is 296 g/mol. The summed E-state index contributed by atoms with van der Waals surface area (Å²) in [7, 11) is 0. The molecule has 0 saturated heterocycles. The third kappa shape index (κ3) is 5.37. The Morgan fingerprint density at radius 2 is 2.22 bits per heavy atom. The Hall–Kier alpha value is -1.85. The number of hydrogen-bond donors (Lipinski definition) is 0. The van der Waals surface area contributed by atoms with Crippen LogP contribution in [-0.2, 0) is 19.0 Å². The van der Waals surface area contributed by atoms with Crippen molar-refractivity contribution in [2.45, 2.75) is 52.5 Å². The fraction of sp³-hybridized carbons (Fsp3) is 0.706. The van der Waals surface area contributed by atoms with Gasteiger partial charge in [-0.3, -0.25) is 0 Å². The van der Waals surface area contributed by atoms with Crippen LogP contribution in [0.5, 0.6) is 0 Å². The summed E-state index contributed by atoms with van der Waals surface area (Å²) in [6, 6.07) is 0. The van der Waals surface area contributed by atoms with Crippen molar-refractivity contribution in [2.24, 2.45) is 15.9 Å². The summed E-state index contributed by atoms with van der Waals surface area (Å²) in [6.45, 7) is 9.70. The molecule has 0 aromatic rings. The second-order valence-electron chi connectivity index (χ2n) is 6.66. The van der Waals surface area contributed by atoms with E-state index in [9.17, 15) is 4.79 Å². The summed E-state index contributed by atoms with van der Waals surface area (Å²) in [5.41, 5.74) is 0.473. The number of unbranched alkanes of at least 4 members (excludes halogenated alkanes) is 1. The number of allylic oxidation sites excluding steroid dienone is 1. The fourth-order valence-corrected chi connectivity index (χ4v) is 2.35. The average Bonchev–Trinajstić information content (AvgIpc) is 3.12. The molecule has 0 saturated carbocycles. The van der Waals surface area contributed by atoms with Gasteiger partial charge in [-0.1, -0.05) is 13.0 Å². The summed E-state index contributed by atoms with van der Waals surface area (Å²) < 4.78 is 15.7. The molecule has 0 aromatic heterocycles. The van der Waals surface area contributed by atoms with E-state index in [-0.39, 0.29) is 11.6 Å². The van der Waals surface area contributed by atoms with Gasteiger partial charge in [0.2, 0.25) is 0 Å². The van der Waals surface area contributed by atoms with E-state index in [1.807, 2.05) is 6.08 Å². The predicted octanol–water partition coefficient (Wildman–Crippen LogP) is 2.88. The molecule has 2 rings (SSSR count). The van der Waals surface area contributed by atoms with E-state index in [1.165, 1.54) is 0 Å². The Morgan fingerprint density at radius 3 is 2.83 bits per heavy atom. The first kappa shape index (κ1) is 17.5. The molecule has 2 aliphatic rings. The molecule has 2 aliphatic heterocycles. The maximum absolute atomic E-state index is 11.8. The summed E-state index contributed by atoms with van der Waals surface area (Å²) in [4.78, 5) is 20.3. The van der Waals surface area contributed by atoms with Gasteiger partial charge >= 0.3 is 12.1 Å². The molecule has 0 spiro atoms. The van der Waals surface area contributed by atoms with Crippen molar-refractivity contribution in [3.63, 3.8) is 0 Å². The van der Waals surface area contributed by atoms with E-state index in [4.69, 9.17) is 14.2 Å². The first-order valence-corrected chi connectivity index (χ1v) is 8.16. The van der Waals surface area contributed by atoms with Crippen molar-refractivity contribution >= 4 is 18.0 Å². The van der Waals surface area contributed by atoms with Gasteiger partial charge in [0, 0.05) is 11.5 Å². The number of rotatable bonds is 6. The SMILES string of the molecule is CC(=CCCCC(C)C1=NC(C)(C)CO1)C(=O)OC1=NCCO1. The standard InChI is InChI=1S/C17H26N2O4/c1-12(14-19-17(3,4)11-22-14)7-5-6-8-13(2)15(20)23-16-18-9-10-21-16/h8,12H,5-7,9-11H2,1-4H3. The number of ether oxygens (including phenoxy) is 3. The Labute approximate surface area is 137 Å². The van der Waals surface area contributed by atoms with Crippen LogP contribution in [0.3, 0.4) is 0 Å². The highest BCUT2D eigenvalue weighted by Crippen LogP contribution is 2.23. The fourth-order valence-electron chi connectivity index (χ4n) is 2.35. The molecule has 1 unspecified atom stereocenters. The van der Waals surface area contributed by atoms with E-state index >= 15 is 0 Å². The highest BCUT2D eigenvalue weighted by molar-refractivity contribution is 5.95. The van der Waals surface area contributed by atoms with Crippen LogP contribution in [0.1, 0.15) is 47.0 Å². The highest BCUT2D eigenvalue weighted by atomic mass is 16.7. The second-order valence-corrected chi connectivity index (χ2v) is 6.66. The predicted molar refractivity (Wildman–Crippen MR) is 88.6 cm³/mol. The lowest BCUT2D eigenvalue weighted by molar-refractivity contribution is -0.132. The highest BCUT2D eigenvalue weighted by Gasteiger charge is 2.28. The van der Waals surface area contributed by atoms with E-state index in [0.29, 0.717) is 31.2 Å². The van der Waals surface area contributed by atoms with Crippen molar-refractivity contribution in [3.8, 4) is 0 Å². The van der Waals surface area contributed by atoms with E-state index in [2.05, 4.69) is 30.8 Å². The largest absolute Gasteiger partial charge is 0.478 e. The maximum atomic E-state index is 11.8. The van der Waals surface area contributed by atoms with Crippen LogP contribution in [-0.4, -0.2) is 43.2 Å². The van der Waals surface area contributed by atoms with Crippen molar-refractivity contribution in [3.05, 3.63) is 11.6 Å². The van der Waals surface area contributed by atoms with Crippen molar-refractivity contribution in [1.82, 2.24) is 0 Å². The molecule has 0 fully saturated rings. The lowest BCUT2D eigenvalue weighted by atomic mass is 10.0. The molecule has 6 heteroatoms. The molecule has 0 aromatic carbocycles. The molecule has 0 aliphatic carbocycles. The number of aliphatic imine (C=N–C) groups is 2. The van der Waals surface area contributed by atoms with Crippen LogP contribution in [0.25, 0.3) is 0 Å². The van der Waals surface area contributed by atoms with Crippen LogP contribution in [0.15, 0.2) is 21.6 Å². The molecule has 2 heterocycles. The first-order chi connectivity index (χ1) is 10.9. The van der Waals surface area contributed by atoms with Crippen molar-refractivity contribution in [2.75, 3.05) is 19.8 Å². The maximum Gasteiger partial charge on any atom is 0.391 e. The zero-order valence-corrected chi connectivity index (χ0v) is 14.4. The van der Waals surface area contributed by atoms with E-state index in [0.717, 1.165) is 25.2 Å². The monoisotopic (exact) mass is 322 g/mol. The Morgan fingerprint density at radius 1 is 1.43 bits per heavy atom. The Balaban J connectivity index is 1.70. The quantitative estimate of drug-likeness (QED) is 0.428. The van der Waals surface area contributed by atoms with Gasteiger partial charge in [0.25, 0.3) is 0 Å². The van der Waals surface area contributed by atoms with Crippen LogP contribution in [0, 0.1) is 5.92 Å². The molecule has 6 nitrogen and oxygen atoms in total. The van der Waals surface area contributed by atoms with Crippen LogP contribution < -0.4 is 0 Å². The number of carbonyl (C=O) groups is 1. The summed E-state index contributed by atoms with van der Waals surface area (Å²) in [5.74, 6) is 0.758. The molecule has 23 heavy (non-hydrogen) atoms. The summed E-state index contributed by atoms with van der Waals surface area (Å²) in [6.07, 6.45) is 4.73. The van der Waals surface area contributed by atoms with Gasteiger partial charge in [0.1, 0.15) is 13.2 Å². The minimum atomic E-state index is -0.399. The van der Waals surface area contributed by atoms with Crippen LogP contribution in [0.4, 0.5) is 0 Å². The summed E-state index contributed by atoms with van der Waals surface area (Å²) >= 11 is 0. The van der Waals surface area contributed by atoms with Gasteiger partial charge in [-0.15, -0.1) is 0 Å². The average molecular weight is 322 g/mol. The number of carbonyl (C=O) groups excluding carboxylic acids is 1. The lowest BCUT2D eigenvalue weighted by Gasteiger charge is -2.10. The zero-order valence-electron chi connectivity index (χ0n) is 14.4. The van der Waals surface area contributed by atoms with Gasteiger partial charge in [0.15, 0.2) is 5.90 Å². The Kier molecular flexibility index (Phi) is 5.80. The van der Waals surface area contributed by atoms with Crippen LogP contribution >= 0.6 is 0 Å². The zero-order chi connectivity index (χ0) is 16.9. The van der Waals surface area contributed by atoms with Crippen molar-refractivity contribution < 1.29 is 19.0 Å². The second kappa shape index (κ2) is 7.62. The molecule has 128 valence electrons. The third-order valence-corrected chi connectivity index (χ3v) is 3.76. The third-order valence-electron chi connectivity index (χ3n) is 3.76. The number of hydrogen-bond acceptors (Lipinski definition) is 6. The van der Waals surface area contributed by atoms with Gasteiger partial charge < -0.3 is 14.2 Å².